The molecular weight excluding hydrogens is 448 g/mol. The molecule has 7 heteroatoms. The van der Waals surface area contributed by atoms with Gasteiger partial charge in [0.1, 0.15) is 18.8 Å². The monoisotopic (exact) mass is 492 g/mol. The molecule has 1 aliphatic rings. The summed E-state index contributed by atoms with van der Waals surface area (Å²) in [4.78, 5) is 11.5. The highest BCUT2D eigenvalue weighted by Crippen LogP contribution is 2.34. The molecule has 1 aliphatic heterocycles. The van der Waals surface area contributed by atoms with Crippen LogP contribution in [0.1, 0.15) is 46.1 Å². The third-order valence-corrected chi connectivity index (χ3v) is 6.88. The molecule has 35 heavy (non-hydrogen) atoms. The van der Waals surface area contributed by atoms with Crippen molar-refractivity contribution in [2.24, 2.45) is 23.7 Å². The van der Waals surface area contributed by atoms with Crippen LogP contribution >= 0.6 is 0 Å². The van der Waals surface area contributed by atoms with Gasteiger partial charge in [-0.05, 0) is 30.5 Å². The number of benzene rings is 1. The van der Waals surface area contributed by atoms with Crippen LogP contribution in [-0.4, -0.2) is 59.0 Å². The number of ether oxygens (including phenoxy) is 6. The van der Waals surface area contributed by atoms with Gasteiger partial charge in [-0.3, -0.25) is 0 Å². The van der Waals surface area contributed by atoms with Crippen molar-refractivity contribution in [1.82, 2.24) is 0 Å². The molecule has 0 amide bonds. The maximum atomic E-state index is 11.5. The van der Waals surface area contributed by atoms with Gasteiger partial charge in [0.05, 0.1) is 32.0 Å². The Labute approximate surface area is 211 Å². The molecule has 2 rings (SSSR count). The standard InChI is InChI=1S/C28H44O7/c1-19(26(20(2)16-29)33-17-23-12-14-24(31-6)15-13-23)10-8-9-11-25-21(3)27(34-18-30-5)22(4)28(32-7)35-25/h8,10,12-16,19-22,25-28H,9,11,17-18H2,1-7H3/t19-,20-,21+,22+,25-,26-,27-,28+/m0/s1. The fourth-order valence-electron chi connectivity index (χ4n) is 4.77. The molecule has 198 valence electrons. The number of carbonyl (C=O) groups is 1. The fourth-order valence-corrected chi connectivity index (χ4v) is 4.77. The summed E-state index contributed by atoms with van der Waals surface area (Å²) in [5.74, 6) is 1.01. The van der Waals surface area contributed by atoms with Crippen molar-refractivity contribution in [1.29, 1.82) is 0 Å². The summed E-state index contributed by atoms with van der Waals surface area (Å²) in [6, 6.07) is 7.78. The first-order valence-electron chi connectivity index (χ1n) is 12.5. The van der Waals surface area contributed by atoms with E-state index in [9.17, 15) is 4.79 Å². The summed E-state index contributed by atoms with van der Waals surface area (Å²) in [6.07, 6.45) is 6.49. The van der Waals surface area contributed by atoms with Gasteiger partial charge in [0.25, 0.3) is 0 Å². The van der Waals surface area contributed by atoms with Crippen molar-refractivity contribution in [3.63, 3.8) is 0 Å². The summed E-state index contributed by atoms with van der Waals surface area (Å²) in [6.45, 7) is 8.94. The van der Waals surface area contributed by atoms with E-state index in [1.54, 1.807) is 21.3 Å². The van der Waals surface area contributed by atoms with Gasteiger partial charge >= 0.3 is 0 Å². The molecule has 0 radical (unpaired) electrons. The minimum Gasteiger partial charge on any atom is -0.497 e. The molecule has 8 atom stereocenters. The minimum absolute atomic E-state index is 0.00530. The molecule has 0 N–H and O–H groups in total. The van der Waals surface area contributed by atoms with Crippen LogP contribution in [0, 0.1) is 23.7 Å². The molecule has 1 aromatic rings. The Bertz CT molecular complexity index is 750. The number of carbonyl (C=O) groups excluding carboxylic acids is 1. The van der Waals surface area contributed by atoms with Crippen LogP contribution in [0.4, 0.5) is 0 Å². The summed E-state index contributed by atoms with van der Waals surface area (Å²) in [7, 11) is 4.95. The molecule has 1 aromatic carbocycles. The maximum absolute atomic E-state index is 11.5. The third kappa shape index (κ3) is 8.69. The molecule has 0 aliphatic carbocycles. The Kier molecular flexibility index (Phi) is 12.9. The fraction of sp³-hybridized carbons (Fsp3) is 0.679. The highest BCUT2D eigenvalue weighted by molar-refractivity contribution is 5.54. The van der Waals surface area contributed by atoms with Gasteiger partial charge in [-0.2, -0.15) is 0 Å². The predicted molar refractivity (Wildman–Crippen MR) is 135 cm³/mol. The number of allylic oxidation sites excluding steroid dienone is 1. The van der Waals surface area contributed by atoms with Crippen LogP contribution in [0.2, 0.25) is 0 Å². The van der Waals surface area contributed by atoms with Crippen LogP contribution in [0.3, 0.4) is 0 Å². The Morgan fingerprint density at radius 1 is 1.03 bits per heavy atom. The first-order valence-corrected chi connectivity index (χ1v) is 12.5. The largest absolute Gasteiger partial charge is 0.497 e. The zero-order valence-electron chi connectivity index (χ0n) is 22.3. The zero-order chi connectivity index (χ0) is 25.8. The smallest absolute Gasteiger partial charge is 0.162 e. The first-order chi connectivity index (χ1) is 16.9. The van der Waals surface area contributed by atoms with Crippen LogP contribution in [0.25, 0.3) is 0 Å². The normalized spacial score (nSPS) is 27.5. The van der Waals surface area contributed by atoms with Crippen molar-refractivity contribution in [3.8, 4) is 5.75 Å². The van der Waals surface area contributed by atoms with Gasteiger partial charge < -0.3 is 33.2 Å². The molecule has 1 fully saturated rings. The van der Waals surface area contributed by atoms with Gasteiger partial charge in [-0.15, -0.1) is 0 Å². The second-order valence-corrected chi connectivity index (χ2v) is 9.52. The topological polar surface area (TPSA) is 72.5 Å². The number of aldehydes is 1. The Balaban J connectivity index is 1.92. The average molecular weight is 493 g/mol. The van der Waals surface area contributed by atoms with Crippen LogP contribution in [-0.2, 0) is 35.1 Å². The van der Waals surface area contributed by atoms with E-state index in [1.807, 2.05) is 31.2 Å². The zero-order valence-corrected chi connectivity index (χ0v) is 22.3. The summed E-state index contributed by atoms with van der Waals surface area (Å²) in [5.41, 5.74) is 1.04. The molecule has 0 unspecified atom stereocenters. The van der Waals surface area contributed by atoms with Crippen LogP contribution < -0.4 is 4.74 Å². The van der Waals surface area contributed by atoms with Gasteiger partial charge in [0.15, 0.2) is 6.29 Å². The van der Waals surface area contributed by atoms with Gasteiger partial charge in [-0.25, -0.2) is 0 Å². The van der Waals surface area contributed by atoms with Gasteiger partial charge in [0.2, 0.25) is 0 Å². The van der Waals surface area contributed by atoms with Crippen molar-refractivity contribution >= 4 is 6.29 Å². The lowest BCUT2D eigenvalue weighted by atomic mass is 9.84. The lowest BCUT2D eigenvalue weighted by Gasteiger charge is -2.43. The first kappa shape index (κ1) is 29.5. The quantitative estimate of drug-likeness (QED) is 0.193. The second kappa shape index (κ2) is 15.4. The van der Waals surface area contributed by atoms with Gasteiger partial charge in [0, 0.05) is 37.9 Å². The van der Waals surface area contributed by atoms with E-state index in [4.69, 9.17) is 28.4 Å². The molecule has 0 aromatic heterocycles. The molecule has 1 heterocycles. The van der Waals surface area contributed by atoms with Gasteiger partial charge in [-0.1, -0.05) is 52.0 Å². The van der Waals surface area contributed by atoms with Crippen LogP contribution in [0.5, 0.6) is 5.75 Å². The highest BCUT2D eigenvalue weighted by Gasteiger charge is 2.42. The van der Waals surface area contributed by atoms with E-state index in [1.165, 1.54) is 0 Å². The second-order valence-electron chi connectivity index (χ2n) is 9.52. The average Bonchev–Trinajstić information content (AvgIpc) is 2.87. The molecule has 0 bridgehead atoms. The number of hydrogen-bond donors (Lipinski definition) is 0. The predicted octanol–water partition coefficient (Wildman–Crippen LogP) is 5.02. The SMILES string of the molecule is COCO[C@@H]1[C@@H](C)[C@H](OC)O[C@@H](CCC=C[C@H](C)[C@H](OCc2ccc(OC)cc2)[C@@H](C)C=O)[C@H]1C. The summed E-state index contributed by atoms with van der Waals surface area (Å²) < 4.78 is 34.3. The number of hydrogen-bond acceptors (Lipinski definition) is 7. The Hall–Kier alpha value is -1.77. The van der Waals surface area contributed by atoms with E-state index in [2.05, 4.69) is 32.9 Å². The Morgan fingerprint density at radius 2 is 1.74 bits per heavy atom. The molecular formula is C28H44O7. The lowest BCUT2D eigenvalue weighted by Crippen LogP contribution is -2.50. The Morgan fingerprint density at radius 3 is 2.34 bits per heavy atom. The van der Waals surface area contributed by atoms with E-state index >= 15 is 0 Å². The molecule has 0 saturated carbocycles. The van der Waals surface area contributed by atoms with E-state index < -0.39 is 0 Å². The van der Waals surface area contributed by atoms with E-state index in [-0.39, 0.29) is 55.1 Å². The van der Waals surface area contributed by atoms with Crippen molar-refractivity contribution in [3.05, 3.63) is 42.0 Å². The maximum Gasteiger partial charge on any atom is 0.162 e. The molecule has 1 saturated heterocycles. The molecule has 7 nitrogen and oxygen atoms in total. The number of rotatable bonds is 15. The lowest BCUT2D eigenvalue weighted by molar-refractivity contribution is -0.271. The molecule has 0 spiro atoms. The third-order valence-electron chi connectivity index (χ3n) is 6.88. The van der Waals surface area contributed by atoms with Crippen LogP contribution in [0.15, 0.2) is 36.4 Å². The number of methoxy groups -OCH3 is 3. The van der Waals surface area contributed by atoms with Crippen molar-refractivity contribution < 1.29 is 33.2 Å². The van der Waals surface area contributed by atoms with Crippen molar-refractivity contribution in [2.45, 2.75) is 71.7 Å². The summed E-state index contributed by atoms with van der Waals surface area (Å²) in [5, 5.41) is 0. The highest BCUT2D eigenvalue weighted by atomic mass is 16.7. The minimum atomic E-state index is -0.301. The van der Waals surface area contributed by atoms with E-state index in [0.29, 0.717) is 6.61 Å². The summed E-state index contributed by atoms with van der Waals surface area (Å²) >= 11 is 0. The van der Waals surface area contributed by atoms with Crippen molar-refractivity contribution in [2.75, 3.05) is 28.1 Å². The van der Waals surface area contributed by atoms with E-state index in [0.717, 1.165) is 30.4 Å².